The lowest BCUT2D eigenvalue weighted by atomic mass is 10.0. The summed E-state index contributed by atoms with van der Waals surface area (Å²) in [6.07, 6.45) is 49.8. The lowest BCUT2D eigenvalue weighted by Gasteiger charge is -2.18. The first-order valence-electron chi connectivity index (χ1n) is 21.6. The molecule has 7 heteroatoms. The second-order valence-electron chi connectivity index (χ2n) is 14.4. The molecule has 0 aromatic carbocycles. The summed E-state index contributed by atoms with van der Waals surface area (Å²) in [5.74, 6) is -1.27. The van der Waals surface area contributed by atoms with E-state index in [1.807, 2.05) is 0 Å². The number of amides is 1. The van der Waals surface area contributed by atoms with Gasteiger partial charge in [0.05, 0.1) is 0 Å². The van der Waals surface area contributed by atoms with Gasteiger partial charge in [-0.1, -0.05) is 145 Å². The predicted molar refractivity (Wildman–Crippen MR) is 225 cm³/mol. The van der Waals surface area contributed by atoms with Gasteiger partial charge in [-0.15, -0.1) is 0 Å². The molecule has 0 heterocycles. The molecule has 7 nitrogen and oxygen atoms in total. The highest BCUT2D eigenvalue weighted by Gasteiger charge is 2.19. The molecule has 304 valence electrons. The number of nitrogens with two attached hydrogens (primary N) is 1. The van der Waals surface area contributed by atoms with Gasteiger partial charge < -0.3 is 20.9 Å². The highest BCUT2D eigenvalue weighted by Crippen LogP contribution is 2.18. The zero-order chi connectivity index (χ0) is 38.9. The van der Waals surface area contributed by atoms with Crippen LogP contribution in [0.1, 0.15) is 194 Å². The Kier molecular flexibility index (Phi) is 38.0. The topological polar surface area (TPSA) is 119 Å². The van der Waals surface area contributed by atoms with Gasteiger partial charge in [-0.25, -0.2) is 4.79 Å². The van der Waals surface area contributed by atoms with Crippen LogP contribution < -0.4 is 11.1 Å². The Hall–Kier alpha value is -2.93. The fourth-order valence-electron chi connectivity index (χ4n) is 6.12. The summed E-state index contributed by atoms with van der Waals surface area (Å²) in [5.41, 5.74) is 5.48. The zero-order valence-electron chi connectivity index (χ0n) is 34.1. The number of aliphatic carboxylic acids is 1. The Morgan fingerprint density at radius 1 is 0.566 bits per heavy atom. The molecule has 0 aromatic heterocycles. The smallest absolute Gasteiger partial charge is 0.326 e. The molecule has 0 fully saturated rings. The van der Waals surface area contributed by atoms with Gasteiger partial charge in [-0.3, -0.25) is 9.59 Å². The van der Waals surface area contributed by atoms with E-state index < -0.39 is 12.0 Å². The third kappa shape index (κ3) is 37.2. The number of carboxylic acids is 1. The van der Waals surface area contributed by atoms with Gasteiger partial charge in [-0.05, 0) is 103 Å². The maximum atomic E-state index is 12.8. The first-order valence-corrected chi connectivity index (χ1v) is 21.6. The van der Waals surface area contributed by atoms with Crippen molar-refractivity contribution < 1.29 is 24.2 Å². The third-order valence-electron chi connectivity index (χ3n) is 9.35. The summed E-state index contributed by atoms with van der Waals surface area (Å²) in [5, 5.41) is 11.9. The molecule has 0 aliphatic rings. The molecular weight excluding hydrogens is 661 g/mol. The molecule has 0 rings (SSSR count). The molecule has 0 bridgehead atoms. The summed E-state index contributed by atoms with van der Waals surface area (Å²) in [7, 11) is 0. The number of carboxylic acid groups (broad SMARTS) is 1. The first kappa shape index (κ1) is 50.1. The van der Waals surface area contributed by atoms with Crippen LogP contribution in [-0.2, 0) is 19.1 Å². The Morgan fingerprint density at radius 2 is 1.04 bits per heavy atom. The number of carbonyl (C=O) groups excluding carboxylic acids is 2. The zero-order valence-corrected chi connectivity index (χ0v) is 34.1. The minimum atomic E-state index is -1.01. The van der Waals surface area contributed by atoms with Crippen molar-refractivity contribution in [3.05, 3.63) is 60.8 Å². The minimum Gasteiger partial charge on any atom is -0.480 e. The largest absolute Gasteiger partial charge is 0.480 e. The summed E-state index contributed by atoms with van der Waals surface area (Å²) >= 11 is 0. The van der Waals surface area contributed by atoms with E-state index in [-0.39, 0.29) is 18.0 Å². The van der Waals surface area contributed by atoms with Crippen molar-refractivity contribution in [1.82, 2.24) is 5.32 Å². The SMILES string of the molecule is CC/C=C\C/C=C\C/C=C\C/C=C\C/C=C\CCCCCC(=O)OC(CCCCCCCCCC)CCCCCCCC(=O)NC(CCCN)C(=O)O. The molecule has 0 aromatic rings. The average Bonchev–Trinajstić information content (AvgIpc) is 3.14. The number of unbranched alkanes of at least 4 members (excludes halogenated alkanes) is 14. The van der Waals surface area contributed by atoms with Crippen LogP contribution in [0.3, 0.4) is 0 Å². The van der Waals surface area contributed by atoms with Crippen molar-refractivity contribution >= 4 is 17.8 Å². The first-order chi connectivity index (χ1) is 25.9. The lowest BCUT2D eigenvalue weighted by Crippen LogP contribution is -2.40. The van der Waals surface area contributed by atoms with Crippen molar-refractivity contribution in [1.29, 1.82) is 0 Å². The van der Waals surface area contributed by atoms with E-state index in [1.54, 1.807) is 0 Å². The molecule has 0 radical (unpaired) electrons. The van der Waals surface area contributed by atoms with E-state index in [1.165, 1.54) is 44.9 Å². The quantitative estimate of drug-likeness (QED) is 0.0329. The van der Waals surface area contributed by atoms with E-state index in [0.29, 0.717) is 32.2 Å². The molecule has 1 amide bonds. The van der Waals surface area contributed by atoms with Crippen LogP contribution in [0.25, 0.3) is 0 Å². The molecule has 4 N–H and O–H groups in total. The monoisotopic (exact) mass is 741 g/mol. The number of rotatable bonds is 38. The normalized spacial score (nSPS) is 13.3. The Balaban J connectivity index is 4.28. The van der Waals surface area contributed by atoms with Gasteiger partial charge >= 0.3 is 11.9 Å². The van der Waals surface area contributed by atoms with Crippen LogP contribution in [0.5, 0.6) is 0 Å². The van der Waals surface area contributed by atoms with Crippen LogP contribution in [0.2, 0.25) is 0 Å². The Labute approximate surface area is 325 Å². The minimum absolute atomic E-state index is 0.00358. The van der Waals surface area contributed by atoms with Gasteiger partial charge in [0.2, 0.25) is 5.91 Å². The number of carbonyl (C=O) groups is 3. The predicted octanol–water partition coefficient (Wildman–Crippen LogP) is 12.2. The van der Waals surface area contributed by atoms with Gasteiger partial charge in [0.1, 0.15) is 12.1 Å². The highest BCUT2D eigenvalue weighted by atomic mass is 16.5. The number of esters is 1. The van der Waals surface area contributed by atoms with Crippen LogP contribution in [0.4, 0.5) is 0 Å². The average molecular weight is 741 g/mol. The van der Waals surface area contributed by atoms with E-state index in [2.05, 4.69) is 79.9 Å². The van der Waals surface area contributed by atoms with E-state index in [0.717, 1.165) is 109 Å². The molecule has 53 heavy (non-hydrogen) atoms. The second-order valence-corrected chi connectivity index (χ2v) is 14.4. The number of hydrogen-bond acceptors (Lipinski definition) is 5. The number of nitrogens with one attached hydrogen (secondary N) is 1. The maximum absolute atomic E-state index is 12.8. The van der Waals surface area contributed by atoms with Gasteiger partial charge in [0.15, 0.2) is 0 Å². The highest BCUT2D eigenvalue weighted by molar-refractivity contribution is 5.83. The molecular formula is C46H80N2O5. The standard InChI is InChI=1S/C46H80N2O5/c1-3-5-7-9-11-13-14-15-16-17-18-19-20-21-22-23-25-30-34-40-45(50)53-42(36-31-27-24-12-10-8-6-4-2)37-32-28-26-29-33-39-44(49)48-43(46(51)52)38-35-41-47/h5,7,11,13,15-16,18-19,21-22,42-43H,3-4,6,8-10,12,14,17,20,23-41,47H2,1-2H3,(H,48,49)(H,51,52)/b7-5-,13-11-,16-15-,19-18-,22-21-. The third-order valence-corrected chi connectivity index (χ3v) is 9.35. The van der Waals surface area contributed by atoms with Crippen molar-refractivity contribution in [2.45, 2.75) is 206 Å². The van der Waals surface area contributed by atoms with Crippen molar-refractivity contribution in [3.8, 4) is 0 Å². The van der Waals surface area contributed by atoms with Gasteiger partial charge in [0, 0.05) is 12.8 Å². The lowest BCUT2D eigenvalue weighted by molar-refractivity contribution is -0.150. The molecule has 2 unspecified atom stereocenters. The van der Waals surface area contributed by atoms with Crippen LogP contribution >= 0.6 is 0 Å². The van der Waals surface area contributed by atoms with Gasteiger partial charge in [-0.2, -0.15) is 0 Å². The molecule has 0 aliphatic carbocycles. The molecule has 0 aliphatic heterocycles. The molecule has 0 spiro atoms. The van der Waals surface area contributed by atoms with Gasteiger partial charge in [0.25, 0.3) is 0 Å². The second kappa shape index (κ2) is 40.3. The summed E-state index contributed by atoms with van der Waals surface area (Å²) in [6, 6.07) is -0.860. The number of allylic oxidation sites excluding steroid dienone is 10. The van der Waals surface area contributed by atoms with Crippen LogP contribution in [0.15, 0.2) is 60.8 Å². The van der Waals surface area contributed by atoms with Crippen molar-refractivity contribution in [2.24, 2.45) is 5.73 Å². The summed E-state index contributed by atoms with van der Waals surface area (Å²) < 4.78 is 6.01. The van der Waals surface area contributed by atoms with Crippen LogP contribution in [-0.4, -0.2) is 41.6 Å². The van der Waals surface area contributed by atoms with E-state index >= 15 is 0 Å². The van der Waals surface area contributed by atoms with Crippen molar-refractivity contribution in [2.75, 3.05) is 6.54 Å². The fraction of sp³-hybridized carbons (Fsp3) is 0.717. The summed E-state index contributed by atoms with van der Waals surface area (Å²) in [6.45, 7) is 4.81. The van der Waals surface area contributed by atoms with Crippen LogP contribution in [0, 0.1) is 0 Å². The Bertz CT molecular complexity index is 1020. The molecule has 2 atom stereocenters. The van der Waals surface area contributed by atoms with E-state index in [9.17, 15) is 19.5 Å². The van der Waals surface area contributed by atoms with E-state index in [4.69, 9.17) is 10.5 Å². The molecule has 0 saturated heterocycles. The van der Waals surface area contributed by atoms with Crippen molar-refractivity contribution in [3.63, 3.8) is 0 Å². The number of hydrogen-bond donors (Lipinski definition) is 3. The molecule has 0 saturated carbocycles. The number of ether oxygens (including phenoxy) is 1. The summed E-state index contributed by atoms with van der Waals surface area (Å²) in [4.78, 5) is 36.3. The fourth-order valence-corrected chi connectivity index (χ4v) is 6.12. The maximum Gasteiger partial charge on any atom is 0.326 e. The Morgan fingerprint density at radius 3 is 1.57 bits per heavy atom.